The molecule has 3 rings (SSSR count). The van der Waals surface area contributed by atoms with Gasteiger partial charge < -0.3 is 15.5 Å². The summed E-state index contributed by atoms with van der Waals surface area (Å²) in [6.07, 6.45) is 6.42. The van der Waals surface area contributed by atoms with Crippen LogP contribution >= 0.6 is 35.6 Å². The summed E-state index contributed by atoms with van der Waals surface area (Å²) in [6.45, 7) is 4.37. The van der Waals surface area contributed by atoms with Crippen LogP contribution in [0.15, 0.2) is 29.3 Å². The zero-order valence-electron chi connectivity index (χ0n) is 16.8. The van der Waals surface area contributed by atoms with Gasteiger partial charge in [-0.25, -0.2) is 0 Å². The summed E-state index contributed by atoms with van der Waals surface area (Å²) in [7, 11) is 1.81. The van der Waals surface area contributed by atoms with E-state index in [0.717, 1.165) is 37.0 Å². The van der Waals surface area contributed by atoms with Crippen LogP contribution in [0.4, 0.5) is 0 Å². The van der Waals surface area contributed by atoms with Crippen molar-refractivity contribution < 1.29 is 4.79 Å². The number of benzene rings is 1. The Morgan fingerprint density at radius 3 is 2.57 bits per heavy atom. The molecule has 0 radical (unpaired) electrons. The molecule has 2 aliphatic rings. The molecule has 1 amide bonds. The van der Waals surface area contributed by atoms with E-state index >= 15 is 0 Å². The highest BCUT2D eigenvalue weighted by Crippen LogP contribution is 2.40. The maximum absolute atomic E-state index is 11.9. The molecule has 0 aromatic heterocycles. The zero-order valence-corrected chi connectivity index (χ0v) is 19.9. The highest BCUT2D eigenvalue weighted by molar-refractivity contribution is 14.0. The third kappa shape index (κ3) is 5.53. The predicted octanol–water partition coefficient (Wildman–Crippen LogP) is 3.95. The minimum atomic E-state index is 0. The van der Waals surface area contributed by atoms with Gasteiger partial charge in [0, 0.05) is 49.6 Å². The van der Waals surface area contributed by atoms with Gasteiger partial charge in [-0.3, -0.25) is 9.79 Å². The van der Waals surface area contributed by atoms with E-state index < -0.39 is 0 Å². The first-order valence-electron chi connectivity index (χ1n) is 10.1. The summed E-state index contributed by atoms with van der Waals surface area (Å²) >= 11 is 6.08. The molecule has 156 valence electrons. The molecule has 1 aliphatic heterocycles. The lowest BCUT2D eigenvalue weighted by Gasteiger charge is -2.31. The number of hydrogen-bond acceptors (Lipinski definition) is 2. The fraction of sp³-hybridized carbons (Fsp3) is 0.619. The molecular formula is C21H32ClIN4O. The second-order valence-electron chi connectivity index (χ2n) is 7.74. The summed E-state index contributed by atoms with van der Waals surface area (Å²) < 4.78 is 0. The van der Waals surface area contributed by atoms with Crippen LogP contribution in [0.25, 0.3) is 0 Å². The molecule has 5 nitrogen and oxygen atoms in total. The summed E-state index contributed by atoms with van der Waals surface area (Å²) in [5.74, 6) is 1.06. The van der Waals surface area contributed by atoms with Gasteiger partial charge in [0.05, 0.1) is 0 Å². The number of amides is 1. The highest BCUT2D eigenvalue weighted by atomic mass is 127. The van der Waals surface area contributed by atoms with E-state index in [1.54, 1.807) is 0 Å². The Kier molecular flexibility index (Phi) is 8.86. The second kappa shape index (κ2) is 10.7. The van der Waals surface area contributed by atoms with E-state index in [1.165, 1.54) is 31.2 Å². The lowest BCUT2D eigenvalue weighted by atomic mass is 9.79. The summed E-state index contributed by atoms with van der Waals surface area (Å²) in [6, 6.07) is 8.57. The van der Waals surface area contributed by atoms with Crippen molar-refractivity contribution in [3.05, 3.63) is 34.9 Å². The van der Waals surface area contributed by atoms with Crippen molar-refractivity contribution in [2.24, 2.45) is 4.99 Å². The molecule has 1 saturated carbocycles. The average Bonchev–Trinajstić information content (AvgIpc) is 3.35. The number of carbonyl (C=O) groups excluding carboxylic acids is 1. The Morgan fingerprint density at radius 2 is 1.96 bits per heavy atom. The molecular weight excluding hydrogens is 487 g/mol. The van der Waals surface area contributed by atoms with Crippen molar-refractivity contribution in [3.63, 3.8) is 0 Å². The third-order valence-corrected chi connectivity index (χ3v) is 6.27. The minimum absolute atomic E-state index is 0. The molecule has 0 bridgehead atoms. The van der Waals surface area contributed by atoms with Crippen LogP contribution in [0.5, 0.6) is 0 Å². The largest absolute Gasteiger partial charge is 0.356 e. The first-order valence-corrected chi connectivity index (χ1v) is 10.4. The Morgan fingerprint density at radius 1 is 1.29 bits per heavy atom. The number of rotatable bonds is 5. The highest BCUT2D eigenvalue weighted by Gasteiger charge is 2.36. The van der Waals surface area contributed by atoms with Crippen LogP contribution in [0.3, 0.4) is 0 Å². The van der Waals surface area contributed by atoms with Gasteiger partial charge in [0.1, 0.15) is 0 Å². The zero-order chi connectivity index (χ0) is 19.3. The number of aliphatic imine (C=N–C) groups is 1. The molecule has 2 fully saturated rings. The Labute approximate surface area is 190 Å². The molecule has 1 heterocycles. The molecule has 1 atom stereocenters. The maximum atomic E-state index is 11.9. The van der Waals surface area contributed by atoms with Crippen molar-refractivity contribution in [2.75, 3.05) is 26.7 Å². The topological polar surface area (TPSA) is 56.7 Å². The van der Waals surface area contributed by atoms with E-state index in [4.69, 9.17) is 11.6 Å². The number of carbonyl (C=O) groups is 1. The Balaban J connectivity index is 0.00000280. The first-order chi connectivity index (χ1) is 13.1. The van der Waals surface area contributed by atoms with Crippen LogP contribution in [0, 0.1) is 0 Å². The quantitative estimate of drug-likeness (QED) is 0.353. The van der Waals surface area contributed by atoms with Gasteiger partial charge in [0.15, 0.2) is 5.96 Å². The van der Waals surface area contributed by atoms with E-state index in [1.807, 2.05) is 31.0 Å². The van der Waals surface area contributed by atoms with Crippen molar-refractivity contribution in [3.8, 4) is 0 Å². The molecule has 7 heteroatoms. The van der Waals surface area contributed by atoms with E-state index in [9.17, 15) is 4.79 Å². The van der Waals surface area contributed by atoms with E-state index in [2.05, 4.69) is 27.8 Å². The van der Waals surface area contributed by atoms with Gasteiger partial charge in [-0.1, -0.05) is 43.5 Å². The van der Waals surface area contributed by atoms with E-state index in [0.29, 0.717) is 6.42 Å². The third-order valence-electron chi connectivity index (χ3n) is 6.02. The van der Waals surface area contributed by atoms with Crippen LogP contribution in [-0.2, 0) is 10.2 Å². The monoisotopic (exact) mass is 518 g/mol. The summed E-state index contributed by atoms with van der Waals surface area (Å²) in [4.78, 5) is 18.2. The maximum Gasteiger partial charge on any atom is 0.222 e. The average molecular weight is 519 g/mol. The smallest absolute Gasteiger partial charge is 0.222 e. The van der Waals surface area contributed by atoms with Crippen molar-refractivity contribution in [1.82, 2.24) is 15.5 Å². The normalized spacial score (nSPS) is 21.3. The lowest BCUT2D eigenvalue weighted by molar-refractivity contribution is -0.129. The number of guanidine groups is 1. The number of likely N-dealkylation sites (tertiary alicyclic amines) is 1. The van der Waals surface area contributed by atoms with Crippen LogP contribution < -0.4 is 10.6 Å². The Bertz CT molecular complexity index is 673. The SMILES string of the molecule is CCC(=O)N1CCC(NC(=NC)NCC2(c3ccc(Cl)cc3)CCCC2)C1.I. The molecule has 1 aromatic carbocycles. The number of halogens is 2. The van der Waals surface area contributed by atoms with Gasteiger partial charge in [-0.2, -0.15) is 0 Å². The number of nitrogens with zero attached hydrogens (tertiary/aromatic N) is 2. The number of nitrogens with one attached hydrogen (secondary N) is 2. The molecule has 28 heavy (non-hydrogen) atoms. The van der Waals surface area contributed by atoms with Gasteiger partial charge in [0.25, 0.3) is 0 Å². The van der Waals surface area contributed by atoms with Crippen molar-refractivity contribution in [1.29, 1.82) is 0 Å². The minimum Gasteiger partial charge on any atom is -0.356 e. The van der Waals surface area contributed by atoms with Crippen molar-refractivity contribution >= 4 is 47.4 Å². The fourth-order valence-electron chi connectivity index (χ4n) is 4.39. The van der Waals surface area contributed by atoms with Gasteiger partial charge in [0.2, 0.25) is 5.91 Å². The number of hydrogen-bond donors (Lipinski definition) is 2. The molecule has 1 unspecified atom stereocenters. The van der Waals surface area contributed by atoms with Gasteiger partial charge in [-0.05, 0) is 37.0 Å². The molecule has 2 N–H and O–H groups in total. The Hall–Kier alpha value is -1.02. The predicted molar refractivity (Wildman–Crippen MR) is 127 cm³/mol. The van der Waals surface area contributed by atoms with Gasteiger partial charge >= 0.3 is 0 Å². The van der Waals surface area contributed by atoms with Gasteiger partial charge in [-0.15, -0.1) is 24.0 Å². The molecule has 1 saturated heterocycles. The van der Waals surface area contributed by atoms with E-state index in [-0.39, 0.29) is 41.3 Å². The second-order valence-corrected chi connectivity index (χ2v) is 8.18. The van der Waals surface area contributed by atoms with Crippen LogP contribution in [-0.4, -0.2) is 49.5 Å². The fourth-order valence-corrected chi connectivity index (χ4v) is 4.52. The van der Waals surface area contributed by atoms with Crippen molar-refractivity contribution in [2.45, 2.75) is 56.9 Å². The summed E-state index contributed by atoms with van der Waals surface area (Å²) in [5, 5.41) is 7.84. The lowest BCUT2D eigenvalue weighted by Crippen LogP contribution is -2.48. The first kappa shape index (κ1) is 23.3. The van der Waals surface area contributed by atoms with Crippen LogP contribution in [0.2, 0.25) is 5.02 Å². The summed E-state index contributed by atoms with van der Waals surface area (Å²) in [5.41, 5.74) is 1.50. The molecule has 1 aliphatic carbocycles. The molecule has 0 spiro atoms. The molecule has 1 aromatic rings. The van der Waals surface area contributed by atoms with Crippen LogP contribution in [0.1, 0.15) is 51.0 Å². The standard InChI is InChI=1S/C21H31ClN4O.HI/c1-3-19(27)26-13-10-18(14-26)25-20(23-2)24-15-21(11-4-5-12-21)16-6-8-17(22)9-7-16;/h6-9,18H,3-5,10-15H2,1-2H3,(H2,23,24,25);1H.